The number of amides is 1. The molecular weight excluding hydrogens is 268 g/mol. The van der Waals surface area contributed by atoms with Crippen LogP contribution in [0.25, 0.3) is 0 Å². The lowest BCUT2D eigenvalue weighted by Gasteiger charge is -2.22. The first kappa shape index (κ1) is 14.7. The van der Waals surface area contributed by atoms with E-state index in [0.717, 1.165) is 5.56 Å². The van der Waals surface area contributed by atoms with Crippen LogP contribution >= 0.6 is 0 Å². The molecule has 5 nitrogen and oxygen atoms in total. The minimum absolute atomic E-state index is 0.192. The molecule has 0 spiro atoms. The van der Waals surface area contributed by atoms with Crippen molar-refractivity contribution >= 4 is 17.7 Å². The SMILES string of the molecule is COC(=O)c1cccnc1N(Cc1ccccc1)C(C)=O. The number of carbonyl (C=O) groups excluding carboxylic acids is 2. The number of methoxy groups -OCH3 is 1. The average molecular weight is 284 g/mol. The van der Waals surface area contributed by atoms with Crippen molar-refractivity contribution in [2.24, 2.45) is 0 Å². The highest BCUT2D eigenvalue weighted by Crippen LogP contribution is 2.20. The lowest BCUT2D eigenvalue weighted by molar-refractivity contribution is -0.116. The van der Waals surface area contributed by atoms with Crippen molar-refractivity contribution in [3.63, 3.8) is 0 Å². The summed E-state index contributed by atoms with van der Waals surface area (Å²) in [5, 5.41) is 0. The molecule has 5 heteroatoms. The highest BCUT2D eigenvalue weighted by atomic mass is 16.5. The topological polar surface area (TPSA) is 59.5 Å². The summed E-state index contributed by atoms with van der Waals surface area (Å²) in [5.41, 5.74) is 1.22. The van der Waals surface area contributed by atoms with Gasteiger partial charge in [0.15, 0.2) is 0 Å². The molecule has 0 N–H and O–H groups in total. The normalized spacial score (nSPS) is 10.0. The van der Waals surface area contributed by atoms with E-state index in [9.17, 15) is 9.59 Å². The molecule has 1 amide bonds. The summed E-state index contributed by atoms with van der Waals surface area (Å²) < 4.78 is 4.74. The van der Waals surface area contributed by atoms with Gasteiger partial charge in [0.1, 0.15) is 11.4 Å². The molecule has 1 heterocycles. The van der Waals surface area contributed by atoms with E-state index >= 15 is 0 Å². The highest BCUT2D eigenvalue weighted by molar-refractivity contribution is 6.00. The van der Waals surface area contributed by atoms with Crippen molar-refractivity contribution < 1.29 is 14.3 Å². The molecule has 0 atom stereocenters. The number of benzene rings is 1. The van der Waals surface area contributed by atoms with Crippen molar-refractivity contribution in [1.82, 2.24) is 4.98 Å². The van der Waals surface area contributed by atoms with Gasteiger partial charge in [0.2, 0.25) is 5.91 Å². The first-order chi connectivity index (χ1) is 10.1. The lowest BCUT2D eigenvalue weighted by atomic mass is 10.2. The fraction of sp³-hybridized carbons (Fsp3) is 0.188. The Hall–Kier alpha value is -2.69. The van der Waals surface area contributed by atoms with E-state index in [4.69, 9.17) is 4.74 Å². The standard InChI is InChI=1S/C16H16N2O3/c1-12(19)18(11-13-7-4-3-5-8-13)15-14(16(20)21-2)9-6-10-17-15/h3-10H,11H2,1-2H3. The van der Waals surface area contributed by atoms with E-state index in [-0.39, 0.29) is 11.5 Å². The molecule has 108 valence electrons. The predicted octanol–water partition coefficient (Wildman–Crippen LogP) is 2.42. The minimum atomic E-state index is -0.516. The molecule has 0 aliphatic rings. The van der Waals surface area contributed by atoms with Crippen LogP contribution in [0.4, 0.5) is 5.82 Å². The smallest absolute Gasteiger partial charge is 0.341 e. The Morgan fingerprint density at radius 3 is 2.48 bits per heavy atom. The van der Waals surface area contributed by atoms with E-state index < -0.39 is 5.97 Å². The third-order valence-electron chi connectivity index (χ3n) is 3.01. The Morgan fingerprint density at radius 2 is 1.86 bits per heavy atom. The van der Waals surface area contributed by atoms with Gasteiger partial charge < -0.3 is 4.74 Å². The van der Waals surface area contributed by atoms with E-state index in [2.05, 4.69) is 4.98 Å². The van der Waals surface area contributed by atoms with Gasteiger partial charge in [0.25, 0.3) is 0 Å². The number of esters is 1. The second kappa shape index (κ2) is 6.65. The summed E-state index contributed by atoms with van der Waals surface area (Å²) in [6.07, 6.45) is 1.54. The first-order valence-electron chi connectivity index (χ1n) is 6.49. The number of pyridine rings is 1. The number of hydrogen-bond acceptors (Lipinski definition) is 4. The monoisotopic (exact) mass is 284 g/mol. The van der Waals surface area contributed by atoms with Crippen LogP contribution in [0.1, 0.15) is 22.8 Å². The van der Waals surface area contributed by atoms with E-state index in [1.165, 1.54) is 18.9 Å². The van der Waals surface area contributed by atoms with Crippen LogP contribution < -0.4 is 4.90 Å². The van der Waals surface area contributed by atoms with Gasteiger partial charge in [-0.1, -0.05) is 30.3 Å². The summed E-state index contributed by atoms with van der Waals surface area (Å²) in [6, 6.07) is 12.8. The fourth-order valence-electron chi connectivity index (χ4n) is 1.98. The number of hydrogen-bond donors (Lipinski definition) is 0. The quantitative estimate of drug-likeness (QED) is 0.809. The molecule has 1 aromatic heterocycles. The molecule has 0 radical (unpaired) electrons. The van der Waals surface area contributed by atoms with Gasteiger partial charge in [-0.25, -0.2) is 9.78 Å². The van der Waals surface area contributed by atoms with Crippen molar-refractivity contribution in [1.29, 1.82) is 0 Å². The molecule has 2 aromatic rings. The lowest BCUT2D eigenvalue weighted by Crippen LogP contribution is -2.30. The van der Waals surface area contributed by atoms with Gasteiger partial charge in [0, 0.05) is 13.1 Å². The van der Waals surface area contributed by atoms with Gasteiger partial charge in [-0.05, 0) is 17.7 Å². The summed E-state index contributed by atoms with van der Waals surface area (Å²) in [7, 11) is 1.30. The molecule has 21 heavy (non-hydrogen) atoms. The third-order valence-corrected chi connectivity index (χ3v) is 3.01. The molecule has 0 aliphatic carbocycles. The van der Waals surface area contributed by atoms with Crippen LogP contribution in [0, 0.1) is 0 Å². The fourth-order valence-corrected chi connectivity index (χ4v) is 1.98. The van der Waals surface area contributed by atoms with Crippen LogP contribution in [-0.2, 0) is 16.1 Å². The Kier molecular flexibility index (Phi) is 4.66. The highest BCUT2D eigenvalue weighted by Gasteiger charge is 2.21. The van der Waals surface area contributed by atoms with Crippen LogP contribution in [0.15, 0.2) is 48.7 Å². The average Bonchev–Trinajstić information content (AvgIpc) is 2.52. The van der Waals surface area contributed by atoms with E-state index in [1.54, 1.807) is 18.3 Å². The molecule has 0 aliphatic heterocycles. The summed E-state index contributed by atoms with van der Waals surface area (Å²) >= 11 is 0. The van der Waals surface area contributed by atoms with Crippen molar-refractivity contribution in [2.75, 3.05) is 12.0 Å². The molecule has 0 bridgehead atoms. The maximum Gasteiger partial charge on any atom is 0.341 e. The number of ether oxygens (including phenoxy) is 1. The zero-order chi connectivity index (χ0) is 15.2. The van der Waals surface area contributed by atoms with Crippen LogP contribution in [0.5, 0.6) is 0 Å². The van der Waals surface area contributed by atoms with E-state index in [0.29, 0.717) is 12.4 Å². The number of anilines is 1. The van der Waals surface area contributed by atoms with Crippen molar-refractivity contribution in [3.8, 4) is 0 Å². The number of carbonyl (C=O) groups is 2. The van der Waals surface area contributed by atoms with Crippen LogP contribution in [0.3, 0.4) is 0 Å². The largest absolute Gasteiger partial charge is 0.465 e. The summed E-state index contributed by atoms with van der Waals surface area (Å²) in [4.78, 5) is 29.4. The van der Waals surface area contributed by atoms with Crippen LogP contribution in [-0.4, -0.2) is 24.0 Å². The minimum Gasteiger partial charge on any atom is -0.465 e. The Balaban J connectivity index is 2.40. The van der Waals surface area contributed by atoms with Gasteiger partial charge in [0.05, 0.1) is 13.7 Å². The Bertz CT molecular complexity index is 641. The van der Waals surface area contributed by atoms with Crippen LogP contribution in [0.2, 0.25) is 0 Å². The van der Waals surface area contributed by atoms with Crippen molar-refractivity contribution in [3.05, 3.63) is 59.8 Å². The molecule has 1 aromatic carbocycles. The molecule has 0 unspecified atom stereocenters. The molecule has 0 fully saturated rings. The maximum absolute atomic E-state index is 11.9. The zero-order valence-corrected chi connectivity index (χ0v) is 11.9. The van der Waals surface area contributed by atoms with Crippen molar-refractivity contribution in [2.45, 2.75) is 13.5 Å². The first-order valence-corrected chi connectivity index (χ1v) is 6.49. The number of rotatable bonds is 4. The number of nitrogens with zero attached hydrogens (tertiary/aromatic N) is 2. The predicted molar refractivity (Wildman–Crippen MR) is 78.9 cm³/mol. The second-order valence-electron chi connectivity index (χ2n) is 4.46. The van der Waals surface area contributed by atoms with Gasteiger partial charge in [-0.3, -0.25) is 9.69 Å². The van der Waals surface area contributed by atoms with Gasteiger partial charge >= 0.3 is 5.97 Å². The Morgan fingerprint density at radius 1 is 1.14 bits per heavy atom. The van der Waals surface area contributed by atoms with E-state index in [1.807, 2.05) is 30.3 Å². The Labute approximate surface area is 123 Å². The number of aromatic nitrogens is 1. The molecular formula is C16H16N2O3. The third kappa shape index (κ3) is 3.45. The molecule has 0 saturated carbocycles. The van der Waals surface area contributed by atoms with Gasteiger partial charge in [-0.2, -0.15) is 0 Å². The van der Waals surface area contributed by atoms with Gasteiger partial charge in [-0.15, -0.1) is 0 Å². The maximum atomic E-state index is 11.9. The summed E-state index contributed by atoms with van der Waals surface area (Å²) in [6.45, 7) is 1.79. The zero-order valence-electron chi connectivity index (χ0n) is 11.9. The second-order valence-corrected chi connectivity index (χ2v) is 4.46. The summed E-state index contributed by atoms with van der Waals surface area (Å²) in [5.74, 6) is -0.402. The molecule has 0 saturated heterocycles. The molecule has 2 rings (SSSR count).